The van der Waals surface area contributed by atoms with Crippen LogP contribution in [0.4, 0.5) is 17.6 Å². The van der Waals surface area contributed by atoms with E-state index in [9.17, 15) is 27.2 Å². The molecule has 23 heavy (non-hydrogen) atoms. The maximum absolute atomic E-state index is 13.5. The monoisotopic (exact) mass is 332 g/mol. The van der Waals surface area contributed by atoms with Crippen molar-refractivity contribution in [3.63, 3.8) is 0 Å². The Balaban J connectivity index is 2.20. The zero-order valence-electron chi connectivity index (χ0n) is 12.4. The minimum atomic E-state index is -4.78. The van der Waals surface area contributed by atoms with Crippen molar-refractivity contribution < 1.29 is 27.2 Å². The lowest BCUT2D eigenvalue weighted by atomic mass is 9.91. The smallest absolute Gasteiger partial charge is 0.337 e. The SMILES string of the molecule is CC(NC(=O)CN1CCCC1=O)(c1ccc(F)cc1)C(F)(F)F. The fourth-order valence-corrected chi connectivity index (χ4v) is 2.45. The molecule has 2 amide bonds. The number of nitrogens with zero attached hydrogens (tertiary/aromatic N) is 1. The third-order valence-electron chi connectivity index (χ3n) is 3.88. The molecule has 0 bridgehead atoms. The van der Waals surface area contributed by atoms with E-state index in [2.05, 4.69) is 0 Å². The first-order chi connectivity index (χ1) is 10.6. The molecular weight excluding hydrogens is 316 g/mol. The number of nitrogens with one attached hydrogen (secondary N) is 1. The van der Waals surface area contributed by atoms with Gasteiger partial charge in [-0.05, 0) is 31.0 Å². The number of likely N-dealkylation sites (tertiary alicyclic amines) is 1. The summed E-state index contributed by atoms with van der Waals surface area (Å²) in [5.74, 6) is -1.84. The summed E-state index contributed by atoms with van der Waals surface area (Å²) in [7, 11) is 0. The van der Waals surface area contributed by atoms with Gasteiger partial charge in [0.25, 0.3) is 0 Å². The first kappa shape index (κ1) is 17.2. The van der Waals surface area contributed by atoms with Gasteiger partial charge >= 0.3 is 6.18 Å². The van der Waals surface area contributed by atoms with Gasteiger partial charge in [-0.25, -0.2) is 4.39 Å². The molecule has 1 aromatic carbocycles. The van der Waals surface area contributed by atoms with Gasteiger partial charge < -0.3 is 10.2 Å². The predicted molar refractivity (Wildman–Crippen MR) is 73.8 cm³/mol. The Labute approximate surface area is 130 Å². The van der Waals surface area contributed by atoms with Gasteiger partial charge in [0.15, 0.2) is 5.54 Å². The number of hydrogen-bond acceptors (Lipinski definition) is 2. The summed E-state index contributed by atoms with van der Waals surface area (Å²) in [6, 6.07) is 3.75. The highest BCUT2D eigenvalue weighted by Crippen LogP contribution is 2.38. The maximum atomic E-state index is 13.5. The van der Waals surface area contributed by atoms with Gasteiger partial charge in [0.1, 0.15) is 5.82 Å². The van der Waals surface area contributed by atoms with Gasteiger partial charge in [0, 0.05) is 13.0 Å². The molecule has 8 heteroatoms. The van der Waals surface area contributed by atoms with Gasteiger partial charge in [0.2, 0.25) is 11.8 Å². The van der Waals surface area contributed by atoms with E-state index < -0.39 is 30.0 Å². The molecule has 0 saturated carbocycles. The fraction of sp³-hybridized carbons (Fsp3) is 0.467. The number of hydrogen-bond donors (Lipinski definition) is 1. The first-order valence-corrected chi connectivity index (χ1v) is 7.05. The molecule has 1 N–H and O–H groups in total. The van der Waals surface area contributed by atoms with E-state index in [1.54, 1.807) is 0 Å². The quantitative estimate of drug-likeness (QED) is 0.861. The molecule has 1 aliphatic rings. The molecule has 1 aromatic rings. The topological polar surface area (TPSA) is 49.4 Å². The van der Waals surface area contributed by atoms with Crippen molar-refractivity contribution in [3.8, 4) is 0 Å². The largest absolute Gasteiger partial charge is 0.415 e. The lowest BCUT2D eigenvalue weighted by Gasteiger charge is -2.34. The van der Waals surface area contributed by atoms with Gasteiger partial charge in [-0.1, -0.05) is 12.1 Å². The third kappa shape index (κ3) is 3.62. The molecule has 1 unspecified atom stereocenters. The summed E-state index contributed by atoms with van der Waals surface area (Å²) in [5.41, 5.74) is -2.95. The zero-order valence-corrected chi connectivity index (χ0v) is 12.4. The molecule has 0 aromatic heterocycles. The molecule has 1 aliphatic heterocycles. The fourth-order valence-electron chi connectivity index (χ4n) is 2.45. The van der Waals surface area contributed by atoms with Crippen LogP contribution in [0, 0.1) is 5.82 Å². The van der Waals surface area contributed by atoms with Gasteiger partial charge in [-0.15, -0.1) is 0 Å². The van der Waals surface area contributed by atoms with E-state index in [4.69, 9.17) is 0 Å². The number of alkyl halides is 3. The van der Waals surface area contributed by atoms with Crippen LogP contribution in [0.2, 0.25) is 0 Å². The normalized spacial score (nSPS) is 18.0. The molecule has 2 rings (SSSR count). The minimum absolute atomic E-state index is 0.254. The summed E-state index contributed by atoms with van der Waals surface area (Å²) in [6.45, 7) is 0.737. The first-order valence-electron chi connectivity index (χ1n) is 7.05. The van der Waals surface area contributed by atoms with E-state index >= 15 is 0 Å². The number of carbonyl (C=O) groups is 2. The standard InChI is InChI=1S/C15H16F4N2O2/c1-14(15(17,18)19,10-4-6-11(16)7-5-10)20-12(22)9-21-8-2-3-13(21)23/h4-7H,2-3,8-9H2,1H3,(H,20,22). The molecule has 1 atom stereocenters. The Hall–Kier alpha value is -2.12. The van der Waals surface area contributed by atoms with E-state index in [-0.39, 0.29) is 11.5 Å². The summed E-state index contributed by atoms with van der Waals surface area (Å²) < 4.78 is 53.3. The van der Waals surface area contributed by atoms with Crippen LogP contribution in [0.5, 0.6) is 0 Å². The van der Waals surface area contributed by atoms with Crippen LogP contribution < -0.4 is 5.32 Å². The zero-order chi connectivity index (χ0) is 17.3. The van der Waals surface area contributed by atoms with Gasteiger partial charge in [0.05, 0.1) is 6.54 Å². The molecule has 0 spiro atoms. The van der Waals surface area contributed by atoms with Crippen molar-refractivity contribution in [2.45, 2.75) is 31.5 Å². The number of rotatable bonds is 4. The van der Waals surface area contributed by atoms with Crippen molar-refractivity contribution in [2.24, 2.45) is 0 Å². The van der Waals surface area contributed by atoms with Crippen LogP contribution in [0.15, 0.2) is 24.3 Å². The molecule has 126 valence electrons. The van der Waals surface area contributed by atoms with Crippen LogP contribution in [-0.4, -0.2) is 36.0 Å². The highest BCUT2D eigenvalue weighted by Gasteiger charge is 2.53. The van der Waals surface area contributed by atoms with Gasteiger partial charge in [-0.3, -0.25) is 9.59 Å². The second-order valence-electron chi connectivity index (χ2n) is 5.60. The summed E-state index contributed by atoms with van der Waals surface area (Å²) >= 11 is 0. The van der Waals surface area contributed by atoms with Crippen molar-refractivity contribution >= 4 is 11.8 Å². The molecule has 1 fully saturated rings. The van der Waals surface area contributed by atoms with Gasteiger partial charge in [-0.2, -0.15) is 13.2 Å². The number of carbonyl (C=O) groups excluding carboxylic acids is 2. The number of amides is 2. The van der Waals surface area contributed by atoms with E-state index in [0.29, 0.717) is 19.4 Å². The molecule has 1 saturated heterocycles. The summed E-state index contributed by atoms with van der Waals surface area (Å²) in [6.07, 6.45) is -3.90. The third-order valence-corrected chi connectivity index (χ3v) is 3.88. The van der Waals surface area contributed by atoms with E-state index in [0.717, 1.165) is 31.2 Å². The van der Waals surface area contributed by atoms with Crippen LogP contribution in [-0.2, 0) is 15.1 Å². The van der Waals surface area contributed by atoms with E-state index in [1.165, 1.54) is 4.90 Å². The van der Waals surface area contributed by atoms with Crippen LogP contribution >= 0.6 is 0 Å². The Kier molecular flexibility index (Phi) is 4.63. The van der Waals surface area contributed by atoms with Crippen molar-refractivity contribution in [1.29, 1.82) is 0 Å². The molecule has 0 aliphatic carbocycles. The molecule has 4 nitrogen and oxygen atoms in total. The lowest BCUT2D eigenvalue weighted by Crippen LogP contribution is -2.56. The van der Waals surface area contributed by atoms with Crippen LogP contribution in [0.1, 0.15) is 25.3 Å². The predicted octanol–water partition coefficient (Wildman–Crippen LogP) is 2.34. The van der Waals surface area contributed by atoms with Crippen molar-refractivity contribution in [1.82, 2.24) is 10.2 Å². The Morgan fingerprint density at radius 2 is 1.87 bits per heavy atom. The Bertz CT molecular complexity index is 600. The Morgan fingerprint density at radius 3 is 2.35 bits per heavy atom. The van der Waals surface area contributed by atoms with Crippen molar-refractivity contribution in [2.75, 3.05) is 13.1 Å². The average Bonchev–Trinajstić information content (AvgIpc) is 2.83. The maximum Gasteiger partial charge on any atom is 0.415 e. The molecule has 0 radical (unpaired) electrons. The second kappa shape index (κ2) is 6.17. The minimum Gasteiger partial charge on any atom is -0.337 e. The molecule has 1 heterocycles. The van der Waals surface area contributed by atoms with Crippen LogP contribution in [0.3, 0.4) is 0 Å². The summed E-state index contributed by atoms with van der Waals surface area (Å²) in [4.78, 5) is 24.6. The number of benzene rings is 1. The number of halogens is 4. The van der Waals surface area contributed by atoms with E-state index in [1.807, 2.05) is 5.32 Å². The average molecular weight is 332 g/mol. The van der Waals surface area contributed by atoms with Crippen LogP contribution in [0.25, 0.3) is 0 Å². The lowest BCUT2D eigenvalue weighted by molar-refractivity contribution is -0.197. The second-order valence-corrected chi connectivity index (χ2v) is 5.60. The highest BCUT2D eigenvalue weighted by atomic mass is 19.4. The molecular formula is C15H16F4N2O2. The highest BCUT2D eigenvalue weighted by molar-refractivity contribution is 5.86. The van der Waals surface area contributed by atoms with Crippen molar-refractivity contribution in [3.05, 3.63) is 35.6 Å². The summed E-state index contributed by atoms with van der Waals surface area (Å²) in [5, 5.41) is 1.94. The Morgan fingerprint density at radius 1 is 1.26 bits per heavy atom.